The number of nitro groups is 1. The molecule has 0 saturated heterocycles. The highest BCUT2D eigenvalue weighted by Crippen LogP contribution is 2.25. The number of nitrogens with zero attached hydrogens (tertiary/aromatic N) is 2. The quantitative estimate of drug-likeness (QED) is 0.638. The van der Waals surface area contributed by atoms with Gasteiger partial charge in [0.05, 0.1) is 4.92 Å². The van der Waals surface area contributed by atoms with Gasteiger partial charge in [0.15, 0.2) is 0 Å². The molecule has 1 aromatic rings. The van der Waals surface area contributed by atoms with Crippen LogP contribution in [-0.4, -0.2) is 18.0 Å². The first-order valence-electron chi connectivity index (χ1n) is 5.37. The normalized spacial score (nSPS) is 13.8. The van der Waals surface area contributed by atoms with Crippen LogP contribution in [0.4, 0.5) is 5.69 Å². The summed E-state index contributed by atoms with van der Waals surface area (Å²) in [7, 11) is 1.86. The van der Waals surface area contributed by atoms with Crippen LogP contribution in [0, 0.1) is 21.4 Å². The molecule has 0 fully saturated rings. The molecule has 0 aliphatic carbocycles. The van der Waals surface area contributed by atoms with Crippen molar-refractivity contribution < 1.29 is 4.92 Å². The highest BCUT2D eigenvalue weighted by Gasteiger charge is 2.18. The van der Waals surface area contributed by atoms with Gasteiger partial charge in [0.1, 0.15) is 11.6 Å². The van der Waals surface area contributed by atoms with E-state index in [0.29, 0.717) is 0 Å². The number of benzene rings is 1. The van der Waals surface area contributed by atoms with E-state index >= 15 is 0 Å². The fourth-order valence-corrected chi connectivity index (χ4v) is 1.62. The minimum Gasteiger partial charge on any atom is -0.317 e. The minimum absolute atomic E-state index is 0.114. The first-order valence-corrected chi connectivity index (χ1v) is 5.37. The molecule has 1 aromatic carbocycles. The van der Waals surface area contributed by atoms with Crippen molar-refractivity contribution >= 4 is 5.69 Å². The Morgan fingerprint density at radius 3 is 2.59 bits per heavy atom. The zero-order chi connectivity index (χ0) is 13.0. The van der Waals surface area contributed by atoms with Crippen LogP contribution in [0.3, 0.4) is 0 Å². The average molecular weight is 233 g/mol. The summed E-state index contributed by atoms with van der Waals surface area (Å²) in [6, 6.07) is 6.80. The third-order valence-corrected chi connectivity index (χ3v) is 3.07. The molecule has 1 rings (SSSR count). The van der Waals surface area contributed by atoms with Gasteiger partial charge in [-0.3, -0.25) is 10.1 Å². The Morgan fingerprint density at radius 1 is 1.47 bits per heavy atom. The van der Waals surface area contributed by atoms with Crippen molar-refractivity contribution in [1.29, 1.82) is 5.26 Å². The fraction of sp³-hybridized carbons (Fsp3) is 0.417. The lowest BCUT2D eigenvalue weighted by atomic mass is 9.93. The van der Waals surface area contributed by atoms with E-state index in [-0.39, 0.29) is 23.2 Å². The van der Waals surface area contributed by atoms with Crippen molar-refractivity contribution in [1.82, 2.24) is 5.32 Å². The molecule has 0 radical (unpaired) electrons. The standard InChI is InChI=1S/C12H15N3O2/c1-8(9(2)14-3)10-4-5-12(15(16)17)11(6-10)7-13/h4-6,8-9,14H,1-3H3. The van der Waals surface area contributed by atoms with E-state index in [1.807, 2.05) is 27.0 Å². The van der Waals surface area contributed by atoms with Crippen LogP contribution in [-0.2, 0) is 0 Å². The summed E-state index contributed by atoms with van der Waals surface area (Å²) in [5.74, 6) is 0.188. The van der Waals surface area contributed by atoms with Crippen LogP contribution < -0.4 is 5.32 Å². The molecule has 17 heavy (non-hydrogen) atoms. The van der Waals surface area contributed by atoms with E-state index in [9.17, 15) is 10.1 Å². The summed E-state index contributed by atoms with van der Waals surface area (Å²) < 4.78 is 0. The molecule has 0 heterocycles. The van der Waals surface area contributed by atoms with Crippen LogP contribution in [0.2, 0.25) is 0 Å². The molecule has 0 aliphatic heterocycles. The van der Waals surface area contributed by atoms with Gasteiger partial charge in [-0.25, -0.2) is 0 Å². The number of nitriles is 1. The highest BCUT2D eigenvalue weighted by atomic mass is 16.6. The Morgan fingerprint density at radius 2 is 2.12 bits per heavy atom. The van der Waals surface area contributed by atoms with Crippen molar-refractivity contribution in [2.45, 2.75) is 25.8 Å². The fourth-order valence-electron chi connectivity index (χ4n) is 1.62. The molecule has 0 aliphatic rings. The van der Waals surface area contributed by atoms with Crippen LogP contribution in [0.15, 0.2) is 18.2 Å². The number of hydrogen-bond donors (Lipinski definition) is 1. The van der Waals surface area contributed by atoms with E-state index in [4.69, 9.17) is 5.26 Å². The molecule has 5 nitrogen and oxygen atoms in total. The maximum absolute atomic E-state index is 10.7. The predicted octanol–water partition coefficient (Wildman–Crippen LogP) is 2.18. The van der Waals surface area contributed by atoms with Crippen molar-refractivity contribution in [2.24, 2.45) is 0 Å². The molecule has 0 saturated carbocycles. The maximum atomic E-state index is 10.7. The molecular weight excluding hydrogens is 218 g/mol. The second-order valence-electron chi connectivity index (χ2n) is 4.01. The van der Waals surface area contributed by atoms with E-state index in [0.717, 1.165) is 5.56 Å². The number of nitrogens with one attached hydrogen (secondary N) is 1. The van der Waals surface area contributed by atoms with E-state index in [1.165, 1.54) is 6.07 Å². The Bertz CT molecular complexity index is 465. The number of rotatable bonds is 4. The van der Waals surface area contributed by atoms with Gasteiger partial charge in [-0.2, -0.15) is 5.26 Å². The second kappa shape index (κ2) is 5.41. The molecular formula is C12H15N3O2. The molecule has 0 amide bonds. The van der Waals surface area contributed by atoms with Crippen LogP contribution in [0.5, 0.6) is 0 Å². The molecule has 5 heteroatoms. The lowest BCUT2D eigenvalue weighted by Gasteiger charge is -2.19. The van der Waals surface area contributed by atoms with Gasteiger partial charge in [-0.15, -0.1) is 0 Å². The Labute approximate surface area is 100 Å². The predicted molar refractivity (Wildman–Crippen MR) is 64.7 cm³/mol. The first-order chi connectivity index (χ1) is 8.01. The van der Waals surface area contributed by atoms with Crippen LogP contribution in [0.25, 0.3) is 0 Å². The zero-order valence-corrected chi connectivity index (χ0v) is 10.1. The maximum Gasteiger partial charge on any atom is 0.287 e. The van der Waals surface area contributed by atoms with Gasteiger partial charge < -0.3 is 5.32 Å². The highest BCUT2D eigenvalue weighted by molar-refractivity contribution is 5.51. The molecule has 0 spiro atoms. The van der Waals surface area contributed by atoms with Crippen LogP contribution >= 0.6 is 0 Å². The number of hydrogen-bond acceptors (Lipinski definition) is 4. The van der Waals surface area contributed by atoms with Gasteiger partial charge in [0.2, 0.25) is 0 Å². The minimum atomic E-state index is -0.533. The SMILES string of the molecule is CNC(C)C(C)c1ccc([N+](=O)[O-])c(C#N)c1. The third-order valence-electron chi connectivity index (χ3n) is 3.07. The molecule has 90 valence electrons. The Hall–Kier alpha value is -1.93. The molecule has 2 atom stereocenters. The largest absolute Gasteiger partial charge is 0.317 e. The summed E-state index contributed by atoms with van der Waals surface area (Å²) in [4.78, 5) is 10.2. The van der Waals surface area contributed by atoms with E-state index < -0.39 is 4.92 Å². The zero-order valence-electron chi connectivity index (χ0n) is 10.1. The van der Waals surface area contributed by atoms with Gasteiger partial charge in [-0.1, -0.05) is 13.0 Å². The number of nitro benzene ring substituents is 1. The summed E-state index contributed by atoms with van der Waals surface area (Å²) in [6.45, 7) is 4.04. The first kappa shape index (κ1) is 13.1. The van der Waals surface area contributed by atoms with Crippen molar-refractivity contribution in [2.75, 3.05) is 7.05 Å². The van der Waals surface area contributed by atoms with Crippen LogP contribution in [0.1, 0.15) is 30.9 Å². The van der Waals surface area contributed by atoms with Crippen molar-refractivity contribution in [3.05, 3.63) is 39.4 Å². The smallest absolute Gasteiger partial charge is 0.287 e. The summed E-state index contributed by atoms with van der Waals surface area (Å²) in [5.41, 5.74) is 0.900. The average Bonchev–Trinajstić information content (AvgIpc) is 2.35. The third kappa shape index (κ3) is 2.80. The lowest BCUT2D eigenvalue weighted by molar-refractivity contribution is -0.385. The second-order valence-corrected chi connectivity index (χ2v) is 4.01. The summed E-state index contributed by atoms with van der Waals surface area (Å²) >= 11 is 0. The van der Waals surface area contributed by atoms with E-state index in [1.54, 1.807) is 12.1 Å². The van der Waals surface area contributed by atoms with Crippen molar-refractivity contribution in [3.63, 3.8) is 0 Å². The Balaban J connectivity index is 3.15. The molecule has 0 aromatic heterocycles. The Kier molecular flexibility index (Phi) is 4.18. The summed E-state index contributed by atoms with van der Waals surface area (Å²) in [5, 5.41) is 22.7. The number of likely N-dealkylation sites (N-methyl/N-ethyl adjacent to an activating group) is 1. The van der Waals surface area contributed by atoms with Gasteiger partial charge in [0, 0.05) is 12.1 Å². The van der Waals surface area contributed by atoms with Gasteiger partial charge in [0.25, 0.3) is 5.69 Å². The van der Waals surface area contributed by atoms with Gasteiger partial charge in [-0.05, 0) is 31.5 Å². The van der Waals surface area contributed by atoms with Crippen molar-refractivity contribution in [3.8, 4) is 6.07 Å². The van der Waals surface area contributed by atoms with E-state index in [2.05, 4.69) is 5.32 Å². The molecule has 1 N–H and O–H groups in total. The monoisotopic (exact) mass is 233 g/mol. The summed E-state index contributed by atoms with van der Waals surface area (Å²) in [6.07, 6.45) is 0. The molecule has 0 bridgehead atoms. The lowest BCUT2D eigenvalue weighted by Crippen LogP contribution is -2.27. The topological polar surface area (TPSA) is 79.0 Å². The molecule has 2 unspecified atom stereocenters. The van der Waals surface area contributed by atoms with Gasteiger partial charge >= 0.3 is 0 Å².